The summed E-state index contributed by atoms with van der Waals surface area (Å²) in [6.45, 7) is 4.32. The van der Waals surface area contributed by atoms with Crippen LogP contribution in [0.4, 0.5) is 5.69 Å². The number of amides is 1. The number of aromatic nitrogens is 1. The number of hydrogen-bond donors (Lipinski definition) is 3. The Kier molecular flexibility index (Phi) is 3.59. The zero-order chi connectivity index (χ0) is 15.0. The molecule has 0 aliphatic carbocycles. The molecule has 21 heavy (non-hydrogen) atoms. The number of hydrogen-bond acceptors (Lipinski definition) is 3. The van der Waals surface area contributed by atoms with Gasteiger partial charge in [-0.05, 0) is 44.9 Å². The first kappa shape index (κ1) is 13.9. The van der Waals surface area contributed by atoms with Crippen molar-refractivity contribution in [1.29, 1.82) is 0 Å². The summed E-state index contributed by atoms with van der Waals surface area (Å²) in [6.07, 6.45) is 5.21. The SMILES string of the molecule is CC1CCCC(C)N1NC(=O)c1c[nH]c2cc(N)ccc12. The number of nitrogens with two attached hydrogens (primary N) is 1. The van der Waals surface area contributed by atoms with Gasteiger partial charge in [-0.15, -0.1) is 0 Å². The number of nitrogens with one attached hydrogen (secondary N) is 2. The molecule has 0 spiro atoms. The second kappa shape index (κ2) is 5.41. The van der Waals surface area contributed by atoms with Crippen molar-refractivity contribution in [2.45, 2.75) is 45.2 Å². The molecule has 1 aromatic heterocycles. The lowest BCUT2D eigenvalue weighted by Gasteiger charge is -2.38. The van der Waals surface area contributed by atoms with Crippen LogP contribution in [-0.2, 0) is 0 Å². The van der Waals surface area contributed by atoms with E-state index >= 15 is 0 Å². The van der Waals surface area contributed by atoms with Crippen LogP contribution in [0.3, 0.4) is 0 Å². The number of nitrogens with zero attached hydrogens (tertiary/aromatic N) is 1. The summed E-state index contributed by atoms with van der Waals surface area (Å²) in [5, 5.41) is 2.99. The van der Waals surface area contributed by atoms with Crippen molar-refractivity contribution in [3.05, 3.63) is 30.0 Å². The minimum atomic E-state index is -0.0633. The van der Waals surface area contributed by atoms with Crippen molar-refractivity contribution < 1.29 is 4.79 Å². The average molecular weight is 286 g/mol. The monoisotopic (exact) mass is 286 g/mol. The summed E-state index contributed by atoms with van der Waals surface area (Å²) in [6, 6.07) is 6.30. The third-order valence-electron chi connectivity index (χ3n) is 4.37. The first-order valence-electron chi connectivity index (χ1n) is 7.52. The van der Waals surface area contributed by atoms with Gasteiger partial charge in [-0.25, -0.2) is 5.01 Å². The molecular formula is C16H22N4O. The summed E-state index contributed by atoms with van der Waals surface area (Å²) in [5.41, 5.74) is 11.1. The van der Waals surface area contributed by atoms with Gasteiger partial charge < -0.3 is 10.7 Å². The predicted octanol–water partition coefficient (Wildman–Crippen LogP) is 2.66. The van der Waals surface area contributed by atoms with E-state index in [4.69, 9.17) is 5.73 Å². The Labute approximate surface area is 124 Å². The number of aromatic amines is 1. The van der Waals surface area contributed by atoms with Crippen LogP contribution in [0.5, 0.6) is 0 Å². The van der Waals surface area contributed by atoms with Crippen molar-refractivity contribution in [3.63, 3.8) is 0 Å². The minimum Gasteiger partial charge on any atom is -0.399 e. The molecule has 112 valence electrons. The second-order valence-electron chi connectivity index (χ2n) is 5.98. The lowest BCUT2D eigenvalue weighted by molar-refractivity contribution is 0.0371. The lowest BCUT2D eigenvalue weighted by Crippen LogP contribution is -2.54. The van der Waals surface area contributed by atoms with E-state index in [0.29, 0.717) is 23.3 Å². The number of hydrazine groups is 1. The molecule has 5 nitrogen and oxygen atoms in total. The minimum absolute atomic E-state index is 0.0633. The molecule has 1 amide bonds. The smallest absolute Gasteiger partial charge is 0.267 e. The Hall–Kier alpha value is -2.01. The van der Waals surface area contributed by atoms with Gasteiger partial charge in [0, 0.05) is 34.9 Å². The van der Waals surface area contributed by atoms with Gasteiger partial charge in [0.05, 0.1) is 5.56 Å². The van der Waals surface area contributed by atoms with Crippen LogP contribution in [0.15, 0.2) is 24.4 Å². The van der Waals surface area contributed by atoms with Gasteiger partial charge in [0.1, 0.15) is 0 Å². The lowest BCUT2D eigenvalue weighted by atomic mass is 10.00. The van der Waals surface area contributed by atoms with Crippen molar-refractivity contribution >= 4 is 22.5 Å². The number of anilines is 1. The highest BCUT2D eigenvalue weighted by Crippen LogP contribution is 2.23. The quantitative estimate of drug-likeness (QED) is 0.743. The topological polar surface area (TPSA) is 74.2 Å². The number of carbonyl (C=O) groups is 1. The molecule has 3 rings (SSSR count). The van der Waals surface area contributed by atoms with Gasteiger partial charge in [0.25, 0.3) is 5.91 Å². The molecule has 2 atom stereocenters. The van der Waals surface area contributed by atoms with Gasteiger partial charge in [-0.1, -0.05) is 6.42 Å². The maximum Gasteiger partial charge on any atom is 0.267 e. The summed E-state index contributed by atoms with van der Waals surface area (Å²) in [7, 11) is 0. The fraction of sp³-hybridized carbons (Fsp3) is 0.438. The average Bonchev–Trinajstić information content (AvgIpc) is 2.85. The molecule has 1 saturated heterocycles. The van der Waals surface area contributed by atoms with E-state index in [2.05, 4.69) is 29.3 Å². The zero-order valence-corrected chi connectivity index (χ0v) is 12.5. The van der Waals surface area contributed by atoms with E-state index < -0.39 is 0 Å². The zero-order valence-electron chi connectivity index (χ0n) is 12.5. The largest absolute Gasteiger partial charge is 0.399 e. The number of benzene rings is 1. The fourth-order valence-electron chi connectivity index (χ4n) is 3.15. The van der Waals surface area contributed by atoms with E-state index in [9.17, 15) is 4.79 Å². The fourth-order valence-corrected chi connectivity index (χ4v) is 3.15. The van der Waals surface area contributed by atoms with Crippen LogP contribution in [0.1, 0.15) is 43.5 Å². The molecule has 2 heterocycles. The highest BCUT2D eigenvalue weighted by Gasteiger charge is 2.27. The number of fused-ring (bicyclic) bond motifs is 1. The van der Waals surface area contributed by atoms with E-state index in [1.54, 1.807) is 6.20 Å². The third kappa shape index (κ3) is 2.61. The maximum atomic E-state index is 12.6. The molecule has 4 N–H and O–H groups in total. The van der Waals surface area contributed by atoms with Gasteiger partial charge in [-0.2, -0.15) is 0 Å². The van der Waals surface area contributed by atoms with Crippen LogP contribution < -0.4 is 11.2 Å². The molecule has 0 bridgehead atoms. The number of H-pyrrole nitrogens is 1. The Morgan fingerprint density at radius 2 is 2.05 bits per heavy atom. The molecule has 0 radical (unpaired) electrons. The van der Waals surface area contributed by atoms with Crippen LogP contribution in [0.2, 0.25) is 0 Å². The number of nitrogen functional groups attached to an aromatic ring is 1. The summed E-state index contributed by atoms with van der Waals surface area (Å²) < 4.78 is 0. The molecule has 0 saturated carbocycles. The Bertz CT molecular complexity index is 653. The van der Waals surface area contributed by atoms with E-state index in [0.717, 1.165) is 23.7 Å². The third-order valence-corrected chi connectivity index (χ3v) is 4.37. The Morgan fingerprint density at radius 1 is 1.33 bits per heavy atom. The molecule has 5 heteroatoms. The summed E-state index contributed by atoms with van der Waals surface area (Å²) in [5.74, 6) is -0.0633. The molecular weight excluding hydrogens is 264 g/mol. The van der Waals surface area contributed by atoms with E-state index in [-0.39, 0.29) is 5.91 Å². The van der Waals surface area contributed by atoms with E-state index in [1.165, 1.54) is 6.42 Å². The number of piperidine rings is 1. The molecule has 1 aliphatic heterocycles. The van der Waals surface area contributed by atoms with Gasteiger partial charge >= 0.3 is 0 Å². The van der Waals surface area contributed by atoms with Gasteiger partial charge in [0.2, 0.25) is 0 Å². The molecule has 2 aromatic rings. The predicted molar refractivity (Wildman–Crippen MR) is 84.8 cm³/mol. The van der Waals surface area contributed by atoms with Crippen LogP contribution in [0.25, 0.3) is 10.9 Å². The molecule has 2 unspecified atom stereocenters. The highest BCUT2D eigenvalue weighted by molar-refractivity contribution is 6.07. The summed E-state index contributed by atoms with van der Waals surface area (Å²) in [4.78, 5) is 15.7. The summed E-state index contributed by atoms with van der Waals surface area (Å²) >= 11 is 0. The van der Waals surface area contributed by atoms with Gasteiger partial charge in [0.15, 0.2) is 0 Å². The highest BCUT2D eigenvalue weighted by atomic mass is 16.2. The Balaban J connectivity index is 1.83. The number of rotatable bonds is 2. The van der Waals surface area contributed by atoms with Crippen molar-refractivity contribution in [2.75, 3.05) is 5.73 Å². The maximum absolute atomic E-state index is 12.6. The first-order valence-corrected chi connectivity index (χ1v) is 7.52. The standard InChI is InChI=1S/C16H22N4O/c1-10-4-3-5-11(2)20(10)19-16(21)14-9-18-15-8-12(17)6-7-13(14)15/h6-11,18H,3-5,17H2,1-2H3,(H,19,21). The number of carbonyl (C=O) groups excluding carboxylic acids is 1. The van der Waals surface area contributed by atoms with Crippen molar-refractivity contribution in [1.82, 2.24) is 15.4 Å². The van der Waals surface area contributed by atoms with Crippen LogP contribution in [0, 0.1) is 0 Å². The molecule has 1 fully saturated rings. The van der Waals surface area contributed by atoms with E-state index in [1.807, 2.05) is 18.2 Å². The van der Waals surface area contributed by atoms with Gasteiger partial charge in [-0.3, -0.25) is 10.2 Å². The molecule has 1 aromatic carbocycles. The normalized spacial score (nSPS) is 23.3. The first-order chi connectivity index (χ1) is 10.1. The molecule has 1 aliphatic rings. The van der Waals surface area contributed by atoms with Crippen molar-refractivity contribution in [2.24, 2.45) is 0 Å². The van der Waals surface area contributed by atoms with Crippen LogP contribution >= 0.6 is 0 Å². The van der Waals surface area contributed by atoms with Crippen LogP contribution in [-0.4, -0.2) is 28.0 Å². The van der Waals surface area contributed by atoms with Crippen molar-refractivity contribution in [3.8, 4) is 0 Å². The second-order valence-corrected chi connectivity index (χ2v) is 5.98. The Morgan fingerprint density at radius 3 is 2.76 bits per heavy atom.